The molecule has 1 saturated heterocycles. The molecule has 3 aliphatic rings. The number of carbonyl (C=O) groups is 1. The SMILES string of the molecule is CC1CCc2c(sc3nc(SCC(=O)N4CCCCC4)n(C4CCCC4)c(=O)c23)C1. The van der Waals surface area contributed by atoms with Gasteiger partial charge in [0.25, 0.3) is 5.56 Å². The zero-order chi connectivity index (χ0) is 20.7. The van der Waals surface area contributed by atoms with Crippen LogP contribution in [0.5, 0.6) is 0 Å². The topological polar surface area (TPSA) is 55.2 Å². The number of aryl methyl sites for hydroxylation is 1. The van der Waals surface area contributed by atoms with E-state index in [0.29, 0.717) is 11.7 Å². The summed E-state index contributed by atoms with van der Waals surface area (Å²) in [6, 6.07) is 0.236. The normalized spacial score (nSPS) is 22.6. The van der Waals surface area contributed by atoms with Crippen LogP contribution in [-0.2, 0) is 17.6 Å². The standard InChI is InChI=1S/C23H31N3O2S2/c1-15-9-10-17-18(13-15)30-21-20(17)22(28)26(16-7-3-4-8-16)23(24-21)29-14-19(27)25-11-5-2-6-12-25/h15-16H,2-14H2,1H3. The Morgan fingerprint density at radius 3 is 2.67 bits per heavy atom. The summed E-state index contributed by atoms with van der Waals surface area (Å²) >= 11 is 3.19. The number of carbonyl (C=O) groups excluding carboxylic acids is 1. The fourth-order valence-corrected chi connectivity index (χ4v) is 7.72. The Morgan fingerprint density at radius 2 is 1.90 bits per heavy atom. The molecule has 5 rings (SSSR count). The van der Waals surface area contributed by atoms with Gasteiger partial charge < -0.3 is 4.90 Å². The number of nitrogens with zero attached hydrogens (tertiary/aromatic N) is 3. The minimum absolute atomic E-state index is 0.145. The molecule has 1 aliphatic heterocycles. The number of thioether (sulfide) groups is 1. The highest BCUT2D eigenvalue weighted by Gasteiger charge is 2.28. The van der Waals surface area contributed by atoms with Gasteiger partial charge in [-0.15, -0.1) is 11.3 Å². The molecule has 0 N–H and O–H groups in total. The highest BCUT2D eigenvalue weighted by atomic mass is 32.2. The molecule has 0 bridgehead atoms. The van der Waals surface area contributed by atoms with Gasteiger partial charge in [-0.1, -0.05) is 31.5 Å². The van der Waals surface area contributed by atoms with Crippen molar-refractivity contribution < 1.29 is 4.79 Å². The van der Waals surface area contributed by atoms with Gasteiger partial charge in [0.15, 0.2) is 5.16 Å². The number of aromatic nitrogens is 2. The van der Waals surface area contributed by atoms with Gasteiger partial charge in [0.2, 0.25) is 5.91 Å². The lowest BCUT2D eigenvalue weighted by molar-refractivity contribution is -0.129. The Kier molecular flexibility index (Phi) is 5.93. The summed E-state index contributed by atoms with van der Waals surface area (Å²) in [4.78, 5) is 35.7. The molecule has 0 radical (unpaired) electrons. The van der Waals surface area contributed by atoms with Crippen molar-refractivity contribution in [2.24, 2.45) is 5.92 Å². The van der Waals surface area contributed by atoms with E-state index < -0.39 is 0 Å². The molecule has 5 nitrogen and oxygen atoms in total. The lowest BCUT2D eigenvalue weighted by Gasteiger charge is -2.26. The van der Waals surface area contributed by atoms with Crippen molar-refractivity contribution >= 4 is 39.2 Å². The predicted octanol–water partition coefficient (Wildman–Crippen LogP) is 4.80. The molecule has 1 saturated carbocycles. The van der Waals surface area contributed by atoms with Crippen molar-refractivity contribution in [3.05, 3.63) is 20.8 Å². The second kappa shape index (κ2) is 8.65. The van der Waals surface area contributed by atoms with Crippen molar-refractivity contribution in [1.82, 2.24) is 14.5 Å². The van der Waals surface area contributed by atoms with Crippen molar-refractivity contribution in [3.63, 3.8) is 0 Å². The summed E-state index contributed by atoms with van der Waals surface area (Å²) in [5, 5.41) is 1.64. The molecule has 1 amide bonds. The van der Waals surface area contributed by atoms with Crippen LogP contribution < -0.4 is 5.56 Å². The van der Waals surface area contributed by atoms with E-state index in [0.717, 1.165) is 73.4 Å². The van der Waals surface area contributed by atoms with Crippen molar-refractivity contribution in [1.29, 1.82) is 0 Å². The molecule has 2 aromatic heterocycles. The number of fused-ring (bicyclic) bond motifs is 3. The van der Waals surface area contributed by atoms with Gasteiger partial charge >= 0.3 is 0 Å². The van der Waals surface area contributed by atoms with E-state index in [2.05, 4.69) is 6.92 Å². The maximum atomic E-state index is 13.7. The molecule has 3 heterocycles. The quantitative estimate of drug-likeness (QED) is 0.501. The number of amides is 1. The molecule has 1 unspecified atom stereocenters. The van der Waals surface area contributed by atoms with Crippen molar-refractivity contribution in [2.45, 2.75) is 82.3 Å². The van der Waals surface area contributed by atoms with Gasteiger partial charge in [0, 0.05) is 24.0 Å². The van der Waals surface area contributed by atoms with E-state index in [1.165, 1.54) is 41.5 Å². The van der Waals surface area contributed by atoms with Crippen LogP contribution in [0.25, 0.3) is 10.2 Å². The first-order valence-corrected chi connectivity index (χ1v) is 13.4. The number of thiophene rings is 1. The van der Waals surface area contributed by atoms with Crippen LogP contribution in [0.4, 0.5) is 0 Å². The highest BCUT2D eigenvalue weighted by molar-refractivity contribution is 7.99. The molecule has 2 fully saturated rings. The van der Waals surface area contributed by atoms with E-state index in [4.69, 9.17) is 4.98 Å². The fraction of sp³-hybridized carbons (Fsp3) is 0.696. The van der Waals surface area contributed by atoms with Crippen LogP contribution in [0.2, 0.25) is 0 Å². The van der Waals surface area contributed by atoms with Crippen LogP contribution in [0, 0.1) is 5.92 Å². The molecule has 7 heteroatoms. The van der Waals surface area contributed by atoms with E-state index in [9.17, 15) is 9.59 Å². The number of likely N-dealkylation sites (tertiary alicyclic amines) is 1. The first kappa shape index (κ1) is 20.6. The number of hydrogen-bond donors (Lipinski definition) is 0. The van der Waals surface area contributed by atoms with Gasteiger partial charge in [-0.05, 0) is 62.8 Å². The Bertz CT molecular complexity index is 1000. The Hall–Kier alpha value is -1.34. The van der Waals surface area contributed by atoms with E-state index >= 15 is 0 Å². The van der Waals surface area contributed by atoms with Crippen LogP contribution >= 0.6 is 23.1 Å². The van der Waals surface area contributed by atoms with Gasteiger partial charge in [-0.25, -0.2) is 4.98 Å². The molecule has 162 valence electrons. The largest absolute Gasteiger partial charge is 0.342 e. The monoisotopic (exact) mass is 445 g/mol. The molecule has 0 spiro atoms. The van der Waals surface area contributed by atoms with Gasteiger partial charge in [0.1, 0.15) is 4.83 Å². The van der Waals surface area contributed by atoms with Crippen LogP contribution in [0.1, 0.15) is 74.8 Å². The molecular weight excluding hydrogens is 414 g/mol. The van der Waals surface area contributed by atoms with Gasteiger partial charge in [-0.2, -0.15) is 0 Å². The summed E-state index contributed by atoms with van der Waals surface area (Å²) in [5.74, 6) is 1.25. The Labute approximate surface area is 186 Å². The molecule has 1 atom stereocenters. The lowest BCUT2D eigenvalue weighted by Crippen LogP contribution is -2.37. The number of hydrogen-bond acceptors (Lipinski definition) is 5. The van der Waals surface area contributed by atoms with Crippen LogP contribution in [-0.4, -0.2) is 39.2 Å². The molecule has 30 heavy (non-hydrogen) atoms. The second-order valence-corrected chi connectivity index (χ2v) is 11.3. The van der Waals surface area contributed by atoms with Crippen LogP contribution in [0.15, 0.2) is 9.95 Å². The zero-order valence-electron chi connectivity index (χ0n) is 17.8. The summed E-state index contributed by atoms with van der Waals surface area (Å²) in [6.07, 6.45) is 11.1. The van der Waals surface area contributed by atoms with Gasteiger partial charge in [-0.3, -0.25) is 14.2 Å². The van der Waals surface area contributed by atoms with Crippen molar-refractivity contribution in [3.8, 4) is 0 Å². The van der Waals surface area contributed by atoms with Gasteiger partial charge in [0.05, 0.1) is 11.1 Å². The molecule has 0 aromatic carbocycles. The van der Waals surface area contributed by atoms with E-state index in [1.807, 2.05) is 9.47 Å². The summed E-state index contributed by atoms with van der Waals surface area (Å²) in [6.45, 7) is 4.04. The fourth-order valence-electron chi connectivity index (χ4n) is 5.33. The molecule has 2 aromatic rings. The highest BCUT2D eigenvalue weighted by Crippen LogP contribution is 2.38. The lowest BCUT2D eigenvalue weighted by atomic mass is 9.89. The third-order valence-corrected chi connectivity index (χ3v) is 9.14. The Morgan fingerprint density at radius 1 is 1.13 bits per heavy atom. The average Bonchev–Trinajstić information content (AvgIpc) is 3.40. The first-order chi connectivity index (χ1) is 14.6. The Balaban J connectivity index is 1.50. The maximum Gasteiger partial charge on any atom is 0.263 e. The summed E-state index contributed by atoms with van der Waals surface area (Å²) < 4.78 is 1.97. The number of rotatable bonds is 4. The van der Waals surface area contributed by atoms with Crippen LogP contribution in [0.3, 0.4) is 0 Å². The third kappa shape index (κ3) is 3.83. The first-order valence-electron chi connectivity index (χ1n) is 11.6. The summed E-state index contributed by atoms with van der Waals surface area (Å²) in [7, 11) is 0. The van der Waals surface area contributed by atoms with E-state index in [1.54, 1.807) is 11.3 Å². The minimum Gasteiger partial charge on any atom is -0.342 e. The zero-order valence-corrected chi connectivity index (χ0v) is 19.5. The predicted molar refractivity (Wildman–Crippen MR) is 124 cm³/mol. The average molecular weight is 446 g/mol. The number of piperidine rings is 1. The molecule has 2 aliphatic carbocycles. The van der Waals surface area contributed by atoms with Crippen molar-refractivity contribution in [2.75, 3.05) is 18.8 Å². The smallest absolute Gasteiger partial charge is 0.263 e. The third-order valence-electron chi connectivity index (χ3n) is 7.05. The second-order valence-electron chi connectivity index (χ2n) is 9.27. The summed E-state index contributed by atoms with van der Waals surface area (Å²) in [5.41, 5.74) is 1.41. The van der Waals surface area contributed by atoms with E-state index in [-0.39, 0.29) is 17.5 Å². The maximum absolute atomic E-state index is 13.7. The minimum atomic E-state index is 0.145. The molecular formula is C23H31N3O2S2.